The van der Waals surface area contributed by atoms with Crippen LogP contribution in [0.5, 0.6) is 0 Å². The first-order valence-electron chi connectivity index (χ1n) is 3.64. The molecule has 3 N–H and O–H groups in total. The number of thiazole rings is 1. The number of hydrazine groups is 1. The Labute approximate surface area is 78.1 Å². The average molecular weight is 197 g/mol. The van der Waals surface area contributed by atoms with Crippen LogP contribution in [0.25, 0.3) is 5.57 Å². The summed E-state index contributed by atoms with van der Waals surface area (Å²) in [6.07, 6.45) is 1.78. The van der Waals surface area contributed by atoms with Gasteiger partial charge in [-0.3, -0.25) is 0 Å². The summed E-state index contributed by atoms with van der Waals surface area (Å²) < 4.78 is 0. The molecular formula is C7H7N3O2S. The van der Waals surface area contributed by atoms with Crippen molar-refractivity contribution >= 4 is 22.9 Å². The Morgan fingerprint density at radius 3 is 3.08 bits per heavy atom. The minimum absolute atomic E-state index is 0.104. The van der Waals surface area contributed by atoms with Gasteiger partial charge >= 0.3 is 5.97 Å². The summed E-state index contributed by atoms with van der Waals surface area (Å²) in [4.78, 5) is 14.5. The van der Waals surface area contributed by atoms with Crippen LogP contribution in [0.3, 0.4) is 0 Å². The number of hydrogen-bond donors (Lipinski definition) is 3. The fourth-order valence-electron chi connectivity index (χ4n) is 0.992. The highest BCUT2D eigenvalue weighted by molar-refractivity contribution is 7.11. The molecule has 0 saturated heterocycles. The summed E-state index contributed by atoms with van der Waals surface area (Å²) in [5.41, 5.74) is 6.79. The topological polar surface area (TPSA) is 74.2 Å². The Morgan fingerprint density at radius 2 is 2.54 bits per heavy atom. The molecule has 2 heterocycles. The van der Waals surface area contributed by atoms with E-state index in [-0.39, 0.29) is 5.69 Å². The number of carboxylic acids is 1. The van der Waals surface area contributed by atoms with E-state index in [2.05, 4.69) is 15.8 Å². The Bertz CT molecular complexity index is 372. The molecule has 13 heavy (non-hydrogen) atoms. The van der Waals surface area contributed by atoms with Crippen molar-refractivity contribution in [1.29, 1.82) is 0 Å². The van der Waals surface area contributed by atoms with Crippen LogP contribution in [0.1, 0.15) is 15.5 Å². The number of rotatable bonds is 2. The van der Waals surface area contributed by atoms with Gasteiger partial charge in [0, 0.05) is 23.7 Å². The quantitative estimate of drug-likeness (QED) is 0.635. The van der Waals surface area contributed by atoms with E-state index in [1.54, 1.807) is 6.20 Å². The summed E-state index contributed by atoms with van der Waals surface area (Å²) in [5, 5.41) is 10.9. The van der Waals surface area contributed by atoms with Crippen molar-refractivity contribution in [1.82, 2.24) is 15.8 Å². The van der Waals surface area contributed by atoms with Crippen molar-refractivity contribution in [2.24, 2.45) is 0 Å². The van der Waals surface area contributed by atoms with E-state index >= 15 is 0 Å². The van der Waals surface area contributed by atoms with Crippen molar-refractivity contribution in [3.8, 4) is 0 Å². The molecule has 68 valence electrons. The Balaban J connectivity index is 2.27. The van der Waals surface area contributed by atoms with Gasteiger partial charge in [0.2, 0.25) is 0 Å². The molecule has 0 aromatic carbocycles. The number of aromatic nitrogens is 1. The van der Waals surface area contributed by atoms with Crippen LogP contribution in [0, 0.1) is 0 Å². The number of nitrogens with one attached hydrogen (secondary N) is 2. The lowest BCUT2D eigenvalue weighted by molar-refractivity contribution is 0.0691. The van der Waals surface area contributed by atoms with Gasteiger partial charge in [-0.2, -0.15) is 0 Å². The van der Waals surface area contributed by atoms with Crippen LogP contribution in [0.2, 0.25) is 0 Å². The molecule has 1 aromatic rings. The maximum absolute atomic E-state index is 10.5. The molecule has 0 amide bonds. The fourth-order valence-corrected chi connectivity index (χ4v) is 1.80. The predicted molar refractivity (Wildman–Crippen MR) is 48.2 cm³/mol. The predicted octanol–water partition coefficient (Wildman–Crippen LogP) is 0.290. The van der Waals surface area contributed by atoms with E-state index in [1.807, 2.05) is 0 Å². The van der Waals surface area contributed by atoms with E-state index in [9.17, 15) is 4.79 Å². The molecule has 0 bridgehead atoms. The lowest BCUT2D eigenvalue weighted by Gasteiger charge is -1.91. The van der Waals surface area contributed by atoms with Crippen molar-refractivity contribution in [3.63, 3.8) is 0 Å². The molecule has 0 radical (unpaired) electrons. The molecule has 6 heteroatoms. The zero-order chi connectivity index (χ0) is 9.26. The van der Waals surface area contributed by atoms with Gasteiger partial charge in [0.25, 0.3) is 0 Å². The zero-order valence-corrected chi connectivity index (χ0v) is 7.39. The number of nitrogens with zero attached hydrogens (tertiary/aromatic N) is 1. The van der Waals surface area contributed by atoms with Gasteiger partial charge in [-0.05, 0) is 0 Å². The Kier molecular flexibility index (Phi) is 1.99. The second-order valence-electron chi connectivity index (χ2n) is 2.51. The van der Waals surface area contributed by atoms with Gasteiger partial charge in [0.15, 0.2) is 5.69 Å². The highest BCUT2D eigenvalue weighted by Gasteiger charge is 2.13. The fraction of sp³-hybridized carbons (Fsp3) is 0.143. The highest BCUT2D eigenvalue weighted by atomic mass is 32.1. The van der Waals surface area contributed by atoms with Gasteiger partial charge in [-0.1, -0.05) is 0 Å². The minimum atomic E-state index is -0.984. The standard InChI is InChI=1S/C7H7N3O2S/c11-7(12)5-3-13-6(10-5)4-1-8-9-2-4/h1,3,8-9H,2H2,(H,11,12). The van der Waals surface area contributed by atoms with Crippen LogP contribution in [0.4, 0.5) is 0 Å². The first-order chi connectivity index (χ1) is 6.27. The third-order valence-electron chi connectivity index (χ3n) is 1.63. The van der Waals surface area contributed by atoms with Crippen molar-refractivity contribution < 1.29 is 9.90 Å². The molecule has 0 aliphatic carbocycles. The molecule has 0 spiro atoms. The average Bonchev–Trinajstić information content (AvgIpc) is 2.75. The van der Waals surface area contributed by atoms with E-state index in [0.717, 1.165) is 10.6 Å². The molecule has 1 aromatic heterocycles. The van der Waals surface area contributed by atoms with Crippen LogP contribution >= 0.6 is 11.3 Å². The second-order valence-corrected chi connectivity index (χ2v) is 3.37. The first kappa shape index (κ1) is 8.21. The molecule has 2 rings (SSSR count). The summed E-state index contributed by atoms with van der Waals surface area (Å²) in [6.45, 7) is 0.673. The number of aromatic carboxylic acids is 1. The Morgan fingerprint density at radius 1 is 1.69 bits per heavy atom. The first-order valence-corrected chi connectivity index (χ1v) is 4.52. The van der Waals surface area contributed by atoms with E-state index < -0.39 is 5.97 Å². The monoisotopic (exact) mass is 197 g/mol. The van der Waals surface area contributed by atoms with Crippen LogP contribution in [-0.2, 0) is 0 Å². The molecule has 0 saturated carbocycles. The smallest absolute Gasteiger partial charge is 0.355 e. The van der Waals surface area contributed by atoms with Crippen LogP contribution in [-0.4, -0.2) is 22.6 Å². The number of carbonyl (C=O) groups is 1. The normalized spacial score (nSPS) is 15.2. The number of hydrogen-bond acceptors (Lipinski definition) is 5. The van der Waals surface area contributed by atoms with Crippen molar-refractivity contribution in [3.05, 3.63) is 22.3 Å². The summed E-state index contributed by atoms with van der Waals surface area (Å²) in [6, 6.07) is 0. The van der Waals surface area contributed by atoms with Crippen LogP contribution in [0.15, 0.2) is 11.6 Å². The number of carboxylic acid groups (broad SMARTS) is 1. The highest BCUT2D eigenvalue weighted by Crippen LogP contribution is 2.19. The van der Waals surface area contributed by atoms with Crippen LogP contribution < -0.4 is 10.9 Å². The lowest BCUT2D eigenvalue weighted by Crippen LogP contribution is -2.20. The third kappa shape index (κ3) is 1.53. The minimum Gasteiger partial charge on any atom is -0.476 e. The second kappa shape index (κ2) is 3.15. The molecular weight excluding hydrogens is 190 g/mol. The molecule has 5 nitrogen and oxygen atoms in total. The lowest BCUT2D eigenvalue weighted by atomic mass is 10.3. The van der Waals surface area contributed by atoms with Crippen molar-refractivity contribution in [2.75, 3.05) is 6.54 Å². The van der Waals surface area contributed by atoms with Gasteiger partial charge in [-0.15, -0.1) is 11.3 Å². The summed E-state index contributed by atoms with van der Waals surface area (Å²) >= 11 is 1.33. The maximum Gasteiger partial charge on any atom is 0.355 e. The van der Waals surface area contributed by atoms with Gasteiger partial charge < -0.3 is 10.5 Å². The zero-order valence-electron chi connectivity index (χ0n) is 6.57. The van der Waals surface area contributed by atoms with E-state index in [4.69, 9.17) is 5.11 Å². The summed E-state index contributed by atoms with van der Waals surface area (Å²) in [7, 11) is 0. The van der Waals surface area contributed by atoms with E-state index in [0.29, 0.717) is 6.54 Å². The van der Waals surface area contributed by atoms with Gasteiger partial charge in [0.05, 0.1) is 0 Å². The third-order valence-corrected chi connectivity index (χ3v) is 2.54. The Hall–Kier alpha value is -1.40. The van der Waals surface area contributed by atoms with E-state index in [1.165, 1.54) is 16.7 Å². The maximum atomic E-state index is 10.5. The molecule has 0 unspecified atom stereocenters. The SMILES string of the molecule is O=C(O)c1csc(C2=CNNC2)n1. The molecule has 0 fully saturated rings. The molecule has 1 aliphatic heterocycles. The molecule has 0 atom stereocenters. The summed E-state index contributed by atoms with van der Waals surface area (Å²) in [5.74, 6) is -0.984. The van der Waals surface area contributed by atoms with Gasteiger partial charge in [-0.25, -0.2) is 15.2 Å². The molecule has 1 aliphatic rings. The van der Waals surface area contributed by atoms with Crippen molar-refractivity contribution in [2.45, 2.75) is 0 Å². The largest absolute Gasteiger partial charge is 0.476 e. The van der Waals surface area contributed by atoms with Gasteiger partial charge in [0.1, 0.15) is 5.01 Å².